The minimum atomic E-state index is -1.35. The highest BCUT2D eigenvalue weighted by Crippen LogP contribution is 2.38. The number of aromatic amines is 1. The molecule has 1 aliphatic rings. The lowest BCUT2D eigenvalue weighted by Gasteiger charge is -2.35. The molecule has 2 amide bonds. The standard InChI is InChI=1S/C32H40FN5O4S/c1-19-14-24(11-10-22(19)16-25-15-20(2)35-36-31(25)41)30(40)34-18-29(39)38-27(21(3)37-43(42)32(4,5)6)12-13-28(38)23-8-7-9-26(33)17-23/h7-11,14-15,17,21,27-28,37H,12-13,16,18H2,1-6H3,(H,34,40)(H,36,41)/t21?,27-,28+,43?/m1/s1. The second kappa shape index (κ2) is 13.4. The molecule has 0 saturated carbocycles. The van der Waals surface area contributed by atoms with Crippen molar-refractivity contribution in [1.82, 2.24) is 25.1 Å². The Hall–Kier alpha value is -3.54. The van der Waals surface area contributed by atoms with E-state index in [1.807, 2.05) is 34.6 Å². The lowest BCUT2D eigenvalue weighted by atomic mass is 9.99. The van der Waals surface area contributed by atoms with Crippen LogP contribution in [0, 0.1) is 19.7 Å². The summed E-state index contributed by atoms with van der Waals surface area (Å²) in [5.74, 6) is -1.09. The predicted molar refractivity (Wildman–Crippen MR) is 165 cm³/mol. The lowest BCUT2D eigenvalue weighted by molar-refractivity contribution is -0.133. The molecule has 1 saturated heterocycles. The molecule has 0 spiro atoms. The largest absolute Gasteiger partial charge is 0.598 e. The van der Waals surface area contributed by atoms with Gasteiger partial charge in [-0.2, -0.15) is 5.10 Å². The fourth-order valence-corrected chi connectivity index (χ4v) is 6.28. The maximum atomic E-state index is 14.1. The van der Waals surface area contributed by atoms with Gasteiger partial charge in [0.05, 0.1) is 30.4 Å². The molecule has 2 unspecified atom stereocenters. The summed E-state index contributed by atoms with van der Waals surface area (Å²) < 4.78 is 29.6. The number of aromatic nitrogens is 2. The van der Waals surface area contributed by atoms with Crippen LogP contribution in [-0.2, 0) is 22.6 Å². The number of carbonyl (C=O) groups excluding carboxylic acids is 2. The molecule has 4 atom stereocenters. The van der Waals surface area contributed by atoms with Crippen molar-refractivity contribution < 1.29 is 18.5 Å². The molecule has 4 rings (SSSR count). The smallest absolute Gasteiger partial charge is 0.267 e. The van der Waals surface area contributed by atoms with E-state index in [0.29, 0.717) is 41.6 Å². The Bertz CT molecular complexity index is 1540. The maximum absolute atomic E-state index is 14.1. The molecule has 0 radical (unpaired) electrons. The molecule has 2 aromatic carbocycles. The molecule has 230 valence electrons. The molecule has 0 bridgehead atoms. The molecule has 1 aromatic heterocycles. The van der Waals surface area contributed by atoms with Crippen LogP contribution >= 0.6 is 0 Å². The van der Waals surface area contributed by atoms with Crippen LogP contribution < -0.4 is 15.6 Å². The Morgan fingerprint density at radius 2 is 1.88 bits per heavy atom. The number of halogens is 1. The zero-order valence-electron chi connectivity index (χ0n) is 25.5. The summed E-state index contributed by atoms with van der Waals surface area (Å²) in [7, 11) is 0. The van der Waals surface area contributed by atoms with Crippen LogP contribution in [-0.4, -0.2) is 54.8 Å². The molecular weight excluding hydrogens is 569 g/mol. The predicted octanol–water partition coefficient (Wildman–Crippen LogP) is 4.02. The van der Waals surface area contributed by atoms with Crippen LogP contribution in [0.25, 0.3) is 0 Å². The van der Waals surface area contributed by atoms with E-state index >= 15 is 0 Å². The third-order valence-corrected chi connectivity index (χ3v) is 9.47. The first-order valence-electron chi connectivity index (χ1n) is 14.4. The van der Waals surface area contributed by atoms with Gasteiger partial charge in [0.2, 0.25) is 5.91 Å². The van der Waals surface area contributed by atoms with Gasteiger partial charge in [-0.15, -0.1) is 4.72 Å². The van der Waals surface area contributed by atoms with Crippen molar-refractivity contribution >= 4 is 23.2 Å². The second-order valence-corrected chi connectivity index (χ2v) is 14.2. The first kappa shape index (κ1) is 32.4. The Labute approximate surface area is 255 Å². The summed E-state index contributed by atoms with van der Waals surface area (Å²) in [4.78, 5) is 40.7. The van der Waals surface area contributed by atoms with Gasteiger partial charge in [0.15, 0.2) is 0 Å². The normalized spacial score (nSPS) is 18.4. The third kappa shape index (κ3) is 7.90. The van der Waals surface area contributed by atoms with Gasteiger partial charge in [-0.25, -0.2) is 9.49 Å². The number of carbonyl (C=O) groups is 2. The Kier molecular flexibility index (Phi) is 10.1. The van der Waals surface area contributed by atoms with Crippen LogP contribution in [0.1, 0.15) is 84.9 Å². The summed E-state index contributed by atoms with van der Waals surface area (Å²) in [6.45, 7) is 10.9. The van der Waals surface area contributed by atoms with Gasteiger partial charge >= 0.3 is 0 Å². The van der Waals surface area contributed by atoms with E-state index in [1.54, 1.807) is 48.2 Å². The van der Waals surface area contributed by atoms with Crippen molar-refractivity contribution in [3.8, 4) is 0 Å². The van der Waals surface area contributed by atoms with Gasteiger partial charge in [0.1, 0.15) is 10.6 Å². The Morgan fingerprint density at radius 1 is 1.14 bits per heavy atom. The zero-order chi connectivity index (χ0) is 31.5. The molecule has 1 fully saturated rings. The van der Waals surface area contributed by atoms with Crippen LogP contribution in [0.3, 0.4) is 0 Å². The minimum Gasteiger partial charge on any atom is -0.598 e. The van der Waals surface area contributed by atoms with Crippen LogP contribution in [0.4, 0.5) is 4.39 Å². The summed E-state index contributed by atoms with van der Waals surface area (Å²) in [6, 6.07) is 12.2. The Morgan fingerprint density at radius 3 is 2.56 bits per heavy atom. The average molecular weight is 610 g/mol. The third-order valence-electron chi connectivity index (χ3n) is 7.77. The number of rotatable bonds is 9. The number of nitrogens with zero attached hydrogens (tertiary/aromatic N) is 2. The topological polar surface area (TPSA) is 130 Å². The van der Waals surface area contributed by atoms with Crippen LogP contribution in [0.15, 0.2) is 53.3 Å². The molecule has 11 heteroatoms. The quantitative estimate of drug-likeness (QED) is 0.314. The van der Waals surface area contributed by atoms with Crippen molar-refractivity contribution in [3.05, 3.63) is 98.2 Å². The fraction of sp³-hybridized carbons (Fsp3) is 0.438. The number of H-pyrrole nitrogens is 1. The van der Waals surface area contributed by atoms with E-state index in [1.165, 1.54) is 12.1 Å². The Balaban J connectivity index is 1.48. The molecular formula is C32H40FN5O4S. The summed E-state index contributed by atoms with van der Waals surface area (Å²) in [5.41, 5.74) is 3.85. The number of nitrogens with one attached hydrogen (secondary N) is 3. The van der Waals surface area contributed by atoms with E-state index in [9.17, 15) is 23.3 Å². The van der Waals surface area contributed by atoms with Crippen LogP contribution in [0.5, 0.6) is 0 Å². The highest BCUT2D eigenvalue weighted by molar-refractivity contribution is 7.90. The highest BCUT2D eigenvalue weighted by Gasteiger charge is 2.42. The van der Waals surface area contributed by atoms with Gasteiger partial charge < -0.3 is 14.8 Å². The van der Waals surface area contributed by atoms with E-state index in [2.05, 4.69) is 20.2 Å². The van der Waals surface area contributed by atoms with Gasteiger partial charge in [0.25, 0.3) is 11.5 Å². The first-order chi connectivity index (χ1) is 20.2. The van der Waals surface area contributed by atoms with Gasteiger partial charge in [-0.05, 0) is 101 Å². The highest BCUT2D eigenvalue weighted by atomic mass is 32.2. The molecule has 3 aromatic rings. The monoisotopic (exact) mass is 609 g/mol. The minimum absolute atomic E-state index is 0.247. The zero-order valence-corrected chi connectivity index (χ0v) is 26.3. The van der Waals surface area contributed by atoms with E-state index in [0.717, 1.165) is 11.1 Å². The first-order valence-corrected chi connectivity index (χ1v) is 15.6. The van der Waals surface area contributed by atoms with Crippen molar-refractivity contribution in [2.45, 2.75) is 83.7 Å². The summed E-state index contributed by atoms with van der Waals surface area (Å²) in [5, 5.41) is 9.15. The van der Waals surface area contributed by atoms with Crippen molar-refractivity contribution in [3.63, 3.8) is 0 Å². The van der Waals surface area contributed by atoms with Crippen molar-refractivity contribution in [1.29, 1.82) is 0 Å². The number of hydrogen-bond donors (Lipinski definition) is 3. The molecule has 2 heterocycles. The molecule has 9 nitrogen and oxygen atoms in total. The number of likely N-dealkylation sites (tertiary alicyclic amines) is 1. The van der Waals surface area contributed by atoms with E-state index in [-0.39, 0.29) is 42.0 Å². The lowest BCUT2D eigenvalue weighted by Crippen LogP contribution is -2.54. The number of aryl methyl sites for hydroxylation is 2. The van der Waals surface area contributed by atoms with Gasteiger partial charge in [0, 0.05) is 28.9 Å². The maximum Gasteiger partial charge on any atom is 0.267 e. The van der Waals surface area contributed by atoms with E-state index in [4.69, 9.17) is 0 Å². The molecule has 3 N–H and O–H groups in total. The van der Waals surface area contributed by atoms with Crippen molar-refractivity contribution in [2.24, 2.45) is 0 Å². The van der Waals surface area contributed by atoms with Gasteiger partial charge in [-0.1, -0.05) is 18.2 Å². The SMILES string of the molecule is Cc1cc(Cc2ccc(C(=O)NCC(=O)N3[C@@H](C(C)N[S+]([O-])C(C)(C)C)CC[C@H]3c3cccc(F)c3)cc2C)c(=O)[nH]n1. The van der Waals surface area contributed by atoms with Crippen molar-refractivity contribution in [2.75, 3.05) is 6.54 Å². The molecule has 1 aliphatic heterocycles. The summed E-state index contributed by atoms with van der Waals surface area (Å²) >= 11 is -1.35. The van der Waals surface area contributed by atoms with Gasteiger partial charge in [-0.3, -0.25) is 14.4 Å². The average Bonchev–Trinajstić information content (AvgIpc) is 3.39. The fourth-order valence-electron chi connectivity index (χ4n) is 5.43. The molecule has 43 heavy (non-hydrogen) atoms. The summed E-state index contributed by atoms with van der Waals surface area (Å²) in [6.07, 6.45) is 1.65. The molecule has 0 aliphatic carbocycles. The number of benzene rings is 2. The second-order valence-electron chi connectivity index (χ2n) is 12.2. The number of amides is 2. The number of hydrogen-bond acceptors (Lipinski definition) is 6. The van der Waals surface area contributed by atoms with E-state index < -0.39 is 22.0 Å². The van der Waals surface area contributed by atoms with Crippen LogP contribution in [0.2, 0.25) is 0 Å².